The Morgan fingerprint density at radius 1 is 1.38 bits per heavy atom. The number of nitrogens with two attached hydrogens (primary N) is 1. The van der Waals surface area contributed by atoms with Gasteiger partial charge in [-0.2, -0.15) is 4.98 Å². The standard InChI is InChI=1S/C11H13ClN4/c1-3-16(2)10-8-5-4-7(13)6-9(8)14-11(12)15-10/h4-6H,3,13H2,1-2H3. The molecule has 84 valence electrons. The van der Waals surface area contributed by atoms with E-state index < -0.39 is 0 Å². The van der Waals surface area contributed by atoms with Crippen molar-refractivity contribution in [2.45, 2.75) is 6.92 Å². The molecule has 2 N–H and O–H groups in total. The summed E-state index contributed by atoms with van der Waals surface area (Å²) in [4.78, 5) is 10.4. The van der Waals surface area contributed by atoms with E-state index in [2.05, 4.69) is 16.9 Å². The molecule has 16 heavy (non-hydrogen) atoms. The quantitative estimate of drug-likeness (QED) is 0.642. The molecule has 2 rings (SSSR count). The van der Waals surface area contributed by atoms with Crippen LogP contribution in [0.3, 0.4) is 0 Å². The number of fused-ring (bicyclic) bond motifs is 1. The molecular weight excluding hydrogens is 224 g/mol. The second kappa shape index (κ2) is 4.14. The van der Waals surface area contributed by atoms with E-state index in [1.807, 2.05) is 24.1 Å². The predicted octanol–water partition coefficient (Wildman–Crippen LogP) is 2.32. The van der Waals surface area contributed by atoms with Crippen molar-refractivity contribution in [3.05, 3.63) is 23.5 Å². The fraction of sp³-hybridized carbons (Fsp3) is 0.273. The van der Waals surface area contributed by atoms with E-state index in [1.54, 1.807) is 6.07 Å². The van der Waals surface area contributed by atoms with Crippen molar-refractivity contribution in [1.82, 2.24) is 9.97 Å². The average molecular weight is 237 g/mol. The second-order valence-corrected chi connectivity index (χ2v) is 3.95. The van der Waals surface area contributed by atoms with Crippen LogP contribution in [0.2, 0.25) is 5.28 Å². The molecular formula is C11H13ClN4. The lowest BCUT2D eigenvalue weighted by Crippen LogP contribution is -2.18. The molecule has 0 spiro atoms. The summed E-state index contributed by atoms with van der Waals surface area (Å²) in [6, 6.07) is 5.56. The molecule has 0 unspecified atom stereocenters. The first-order valence-corrected chi connectivity index (χ1v) is 5.43. The Morgan fingerprint density at radius 3 is 2.81 bits per heavy atom. The van der Waals surface area contributed by atoms with E-state index in [0.29, 0.717) is 5.69 Å². The van der Waals surface area contributed by atoms with Crippen LogP contribution < -0.4 is 10.6 Å². The molecule has 0 saturated heterocycles. The number of rotatable bonds is 2. The summed E-state index contributed by atoms with van der Waals surface area (Å²) in [6.45, 7) is 2.91. The normalized spacial score (nSPS) is 10.7. The monoisotopic (exact) mass is 236 g/mol. The molecule has 0 radical (unpaired) electrons. The number of halogens is 1. The Balaban J connectivity index is 2.72. The van der Waals surface area contributed by atoms with Gasteiger partial charge in [0.1, 0.15) is 5.82 Å². The van der Waals surface area contributed by atoms with Crippen LogP contribution in [0, 0.1) is 0 Å². The molecule has 0 fully saturated rings. The topological polar surface area (TPSA) is 55.0 Å². The molecule has 1 heterocycles. The molecule has 0 aliphatic heterocycles. The Morgan fingerprint density at radius 2 is 2.12 bits per heavy atom. The van der Waals surface area contributed by atoms with Crippen molar-refractivity contribution in [3.8, 4) is 0 Å². The molecule has 2 aromatic rings. The molecule has 0 aliphatic carbocycles. The van der Waals surface area contributed by atoms with Gasteiger partial charge in [-0.15, -0.1) is 0 Å². The van der Waals surface area contributed by atoms with Crippen molar-refractivity contribution in [2.75, 3.05) is 24.2 Å². The SMILES string of the molecule is CCN(C)c1nc(Cl)nc2cc(N)ccc12. The van der Waals surface area contributed by atoms with E-state index in [-0.39, 0.29) is 5.28 Å². The third-order valence-electron chi connectivity index (χ3n) is 2.51. The number of aromatic nitrogens is 2. The summed E-state index contributed by atoms with van der Waals surface area (Å²) in [6.07, 6.45) is 0. The number of nitrogen functional groups attached to an aromatic ring is 1. The van der Waals surface area contributed by atoms with Gasteiger partial charge in [0.2, 0.25) is 5.28 Å². The van der Waals surface area contributed by atoms with Gasteiger partial charge in [-0.25, -0.2) is 4.98 Å². The van der Waals surface area contributed by atoms with Crippen LogP contribution in [-0.4, -0.2) is 23.6 Å². The summed E-state index contributed by atoms with van der Waals surface area (Å²) in [5, 5.41) is 1.20. The van der Waals surface area contributed by atoms with Crippen LogP contribution in [0.25, 0.3) is 10.9 Å². The highest BCUT2D eigenvalue weighted by atomic mass is 35.5. The van der Waals surface area contributed by atoms with E-state index in [0.717, 1.165) is 23.3 Å². The van der Waals surface area contributed by atoms with Crippen LogP contribution in [0.15, 0.2) is 18.2 Å². The largest absolute Gasteiger partial charge is 0.399 e. The Labute approximate surface area is 99.1 Å². The number of benzene rings is 1. The van der Waals surface area contributed by atoms with E-state index in [1.165, 1.54) is 0 Å². The molecule has 0 bridgehead atoms. The van der Waals surface area contributed by atoms with Gasteiger partial charge in [-0.3, -0.25) is 0 Å². The van der Waals surface area contributed by atoms with Crippen LogP contribution in [0.1, 0.15) is 6.92 Å². The van der Waals surface area contributed by atoms with Crippen molar-refractivity contribution < 1.29 is 0 Å². The first-order valence-electron chi connectivity index (χ1n) is 5.05. The van der Waals surface area contributed by atoms with Crippen LogP contribution in [0.5, 0.6) is 0 Å². The van der Waals surface area contributed by atoms with Crippen molar-refractivity contribution in [1.29, 1.82) is 0 Å². The van der Waals surface area contributed by atoms with Gasteiger partial charge in [0.25, 0.3) is 0 Å². The number of nitrogens with zero attached hydrogens (tertiary/aromatic N) is 3. The lowest BCUT2D eigenvalue weighted by Gasteiger charge is -2.17. The molecule has 0 amide bonds. The summed E-state index contributed by atoms with van der Waals surface area (Å²) in [5.74, 6) is 0.831. The zero-order valence-electron chi connectivity index (χ0n) is 9.24. The molecule has 1 aromatic heterocycles. The van der Waals surface area contributed by atoms with E-state index in [9.17, 15) is 0 Å². The Kier molecular flexibility index (Phi) is 2.83. The summed E-state index contributed by atoms with van der Waals surface area (Å²) < 4.78 is 0. The lowest BCUT2D eigenvalue weighted by molar-refractivity contribution is 0.940. The van der Waals surface area contributed by atoms with E-state index in [4.69, 9.17) is 17.3 Å². The first kappa shape index (κ1) is 11.0. The maximum absolute atomic E-state index is 5.89. The fourth-order valence-electron chi connectivity index (χ4n) is 1.54. The highest BCUT2D eigenvalue weighted by Crippen LogP contribution is 2.25. The van der Waals surface area contributed by atoms with Gasteiger partial charge in [-0.05, 0) is 36.7 Å². The third kappa shape index (κ3) is 1.88. The first-order chi connectivity index (χ1) is 7.61. The molecule has 0 saturated carbocycles. The molecule has 1 aromatic carbocycles. The van der Waals surface area contributed by atoms with Gasteiger partial charge in [0, 0.05) is 24.7 Å². The van der Waals surface area contributed by atoms with Gasteiger partial charge in [0.15, 0.2) is 0 Å². The molecule has 5 heteroatoms. The van der Waals surface area contributed by atoms with Crippen molar-refractivity contribution in [3.63, 3.8) is 0 Å². The highest BCUT2D eigenvalue weighted by molar-refractivity contribution is 6.28. The Hall–Kier alpha value is -1.55. The Bertz CT molecular complexity index is 521. The highest BCUT2D eigenvalue weighted by Gasteiger charge is 2.09. The van der Waals surface area contributed by atoms with Crippen LogP contribution in [-0.2, 0) is 0 Å². The van der Waals surface area contributed by atoms with Crippen LogP contribution in [0.4, 0.5) is 11.5 Å². The van der Waals surface area contributed by atoms with Gasteiger partial charge < -0.3 is 10.6 Å². The molecule has 4 nitrogen and oxygen atoms in total. The summed E-state index contributed by atoms with van der Waals surface area (Å²) in [7, 11) is 1.97. The third-order valence-corrected chi connectivity index (χ3v) is 2.68. The van der Waals surface area contributed by atoms with Gasteiger partial charge in [0.05, 0.1) is 5.52 Å². The minimum Gasteiger partial charge on any atom is -0.399 e. The smallest absolute Gasteiger partial charge is 0.224 e. The number of hydrogen-bond acceptors (Lipinski definition) is 4. The fourth-order valence-corrected chi connectivity index (χ4v) is 1.71. The maximum atomic E-state index is 5.89. The summed E-state index contributed by atoms with van der Waals surface area (Å²) >= 11 is 5.89. The predicted molar refractivity (Wildman–Crippen MR) is 67.9 cm³/mol. The summed E-state index contributed by atoms with van der Waals surface area (Å²) in [5.41, 5.74) is 7.16. The zero-order chi connectivity index (χ0) is 11.7. The molecule has 0 atom stereocenters. The van der Waals surface area contributed by atoms with Gasteiger partial charge >= 0.3 is 0 Å². The van der Waals surface area contributed by atoms with Gasteiger partial charge in [-0.1, -0.05) is 0 Å². The van der Waals surface area contributed by atoms with E-state index >= 15 is 0 Å². The molecule has 0 aliphatic rings. The minimum absolute atomic E-state index is 0.244. The van der Waals surface area contributed by atoms with Crippen molar-refractivity contribution in [2.24, 2.45) is 0 Å². The number of anilines is 2. The lowest BCUT2D eigenvalue weighted by atomic mass is 10.2. The minimum atomic E-state index is 0.244. The zero-order valence-corrected chi connectivity index (χ0v) is 9.99. The second-order valence-electron chi connectivity index (χ2n) is 3.61. The average Bonchev–Trinajstić information content (AvgIpc) is 2.26. The van der Waals surface area contributed by atoms with Crippen LogP contribution >= 0.6 is 11.6 Å². The number of hydrogen-bond donors (Lipinski definition) is 1. The maximum Gasteiger partial charge on any atom is 0.224 e. The van der Waals surface area contributed by atoms with Crippen molar-refractivity contribution >= 4 is 34.0 Å².